The minimum atomic E-state index is -0.164. The van der Waals surface area contributed by atoms with Crippen LogP contribution in [0.4, 0.5) is 0 Å². The molecule has 0 saturated carbocycles. The normalized spacial score (nSPS) is 19.3. The lowest BCUT2D eigenvalue weighted by atomic mass is 10.1. The Bertz CT molecular complexity index is 773. The molecule has 1 N–H and O–H groups in total. The van der Waals surface area contributed by atoms with Gasteiger partial charge in [-0.3, -0.25) is 9.69 Å². The summed E-state index contributed by atoms with van der Waals surface area (Å²) >= 11 is 0. The number of rotatable bonds is 4. The molecule has 1 amide bonds. The Morgan fingerprint density at radius 1 is 1.36 bits per heavy atom. The minimum Gasteiger partial charge on any atom is -0.486 e. The van der Waals surface area contributed by atoms with Crippen molar-refractivity contribution in [3.8, 4) is 11.5 Å². The van der Waals surface area contributed by atoms with Gasteiger partial charge in [0.05, 0.1) is 25.1 Å². The Morgan fingerprint density at radius 3 is 3.08 bits per heavy atom. The van der Waals surface area contributed by atoms with Crippen LogP contribution in [0.5, 0.6) is 11.5 Å². The van der Waals surface area contributed by atoms with E-state index in [1.54, 1.807) is 0 Å². The van der Waals surface area contributed by atoms with Gasteiger partial charge in [0, 0.05) is 32.3 Å². The van der Waals surface area contributed by atoms with Crippen molar-refractivity contribution in [2.24, 2.45) is 7.05 Å². The third kappa shape index (κ3) is 3.46. The number of aryl methyl sites for hydroxylation is 1. The van der Waals surface area contributed by atoms with Gasteiger partial charge in [0.2, 0.25) is 5.91 Å². The molecule has 0 radical (unpaired) electrons. The lowest BCUT2D eigenvalue weighted by Gasteiger charge is -2.28. The summed E-state index contributed by atoms with van der Waals surface area (Å²) in [6.07, 6.45) is 2.60. The van der Waals surface area contributed by atoms with Crippen LogP contribution < -0.4 is 14.8 Å². The minimum absolute atomic E-state index is 0.00170. The van der Waals surface area contributed by atoms with E-state index in [0.29, 0.717) is 19.7 Å². The van der Waals surface area contributed by atoms with Crippen molar-refractivity contribution >= 4 is 5.91 Å². The molecule has 4 rings (SSSR count). The second-order valence-electron chi connectivity index (χ2n) is 6.51. The molecule has 132 valence electrons. The first kappa shape index (κ1) is 16.0. The molecule has 1 aromatic heterocycles. The molecule has 7 nitrogen and oxygen atoms in total. The lowest BCUT2D eigenvalue weighted by molar-refractivity contribution is -0.123. The van der Waals surface area contributed by atoms with Crippen LogP contribution in [0.25, 0.3) is 0 Å². The smallest absolute Gasteiger partial charge is 0.234 e. The molecule has 3 heterocycles. The van der Waals surface area contributed by atoms with Crippen LogP contribution in [-0.4, -0.2) is 52.7 Å². The predicted molar refractivity (Wildman–Crippen MR) is 91.6 cm³/mol. The highest BCUT2D eigenvalue weighted by molar-refractivity contribution is 5.78. The largest absolute Gasteiger partial charge is 0.486 e. The fourth-order valence-corrected chi connectivity index (χ4v) is 3.30. The molecular weight excluding hydrogens is 320 g/mol. The van der Waals surface area contributed by atoms with Gasteiger partial charge in [-0.25, -0.2) is 4.98 Å². The molecule has 0 spiro atoms. The summed E-state index contributed by atoms with van der Waals surface area (Å²) < 4.78 is 13.6. The fraction of sp³-hybridized carbons (Fsp3) is 0.444. The quantitative estimate of drug-likeness (QED) is 0.887. The molecule has 0 bridgehead atoms. The Balaban J connectivity index is 1.25. The van der Waals surface area contributed by atoms with Gasteiger partial charge >= 0.3 is 0 Å². The summed E-state index contributed by atoms with van der Waals surface area (Å²) in [6, 6.07) is 7.58. The third-order valence-electron chi connectivity index (χ3n) is 4.65. The van der Waals surface area contributed by atoms with Gasteiger partial charge in [0.15, 0.2) is 11.5 Å². The van der Waals surface area contributed by atoms with Crippen molar-refractivity contribution in [3.05, 3.63) is 42.0 Å². The van der Waals surface area contributed by atoms with Gasteiger partial charge in [-0.15, -0.1) is 0 Å². The van der Waals surface area contributed by atoms with Crippen LogP contribution in [0, 0.1) is 0 Å². The van der Waals surface area contributed by atoms with E-state index in [1.165, 1.54) is 5.69 Å². The number of carbonyl (C=O) groups is 1. The third-order valence-corrected chi connectivity index (χ3v) is 4.65. The fourth-order valence-electron chi connectivity index (χ4n) is 3.30. The molecule has 2 aliphatic rings. The molecule has 2 aromatic rings. The summed E-state index contributed by atoms with van der Waals surface area (Å²) in [5.41, 5.74) is 2.34. The highest BCUT2D eigenvalue weighted by Gasteiger charge is 2.23. The van der Waals surface area contributed by atoms with E-state index in [4.69, 9.17) is 9.47 Å². The Labute approximate surface area is 146 Å². The van der Waals surface area contributed by atoms with E-state index in [1.807, 2.05) is 37.6 Å². The average Bonchev–Trinajstić information content (AvgIpc) is 3.00. The predicted octanol–water partition coefficient (Wildman–Crippen LogP) is 0.734. The van der Waals surface area contributed by atoms with Crippen LogP contribution in [0.3, 0.4) is 0 Å². The zero-order valence-corrected chi connectivity index (χ0v) is 14.3. The summed E-state index contributed by atoms with van der Waals surface area (Å²) in [4.78, 5) is 18.8. The summed E-state index contributed by atoms with van der Waals surface area (Å²) in [5, 5.41) is 2.95. The number of ether oxygens (including phenoxy) is 2. The zero-order chi connectivity index (χ0) is 17.2. The number of hydrogen-bond donors (Lipinski definition) is 1. The zero-order valence-electron chi connectivity index (χ0n) is 14.3. The second-order valence-corrected chi connectivity index (χ2v) is 6.51. The van der Waals surface area contributed by atoms with Gasteiger partial charge in [0.25, 0.3) is 0 Å². The summed E-state index contributed by atoms with van der Waals surface area (Å²) in [5.74, 6) is 1.48. The maximum atomic E-state index is 12.2. The number of fused-ring (bicyclic) bond motifs is 2. The van der Waals surface area contributed by atoms with Gasteiger partial charge < -0.3 is 19.4 Å². The molecule has 2 aliphatic heterocycles. The first-order valence-corrected chi connectivity index (χ1v) is 8.55. The van der Waals surface area contributed by atoms with Crippen LogP contribution >= 0.6 is 0 Å². The van der Waals surface area contributed by atoms with E-state index in [-0.39, 0.29) is 12.0 Å². The summed E-state index contributed by atoms with van der Waals surface area (Å²) in [7, 11) is 2.01. The van der Waals surface area contributed by atoms with Crippen molar-refractivity contribution < 1.29 is 14.3 Å². The molecular formula is C18H22N4O3. The second kappa shape index (κ2) is 6.76. The van der Waals surface area contributed by atoms with Gasteiger partial charge in [0.1, 0.15) is 12.7 Å². The van der Waals surface area contributed by atoms with Crippen molar-refractivity contribution in [1.82, 2.24) is 19.8 Å². The topological polar surface area (TPSA) is 68.6 Å². The van der Waals surface area contributed by atoms with Crippen LogP contribution in [0.2, 0.25) is 0 Å². The number of para-hydroxylation sites is 2. The van der Waals surface area contributed by atoms with Crippen LogP contribution in [0.15, 0.2) is 30.6 Å². The number of nitrogens with one attached hydrogen (secondary N) is 1. The molecule has 25 heavy (non-hydrogen) atoms. The van der Waals surface area contributed by atoms with Crippen LogP contribution in [0.1, 0.15) is 11.4 Å². The molecule has 1 unspecified atom stereocenters. The van der Waals surface area contributed by atoms with Gasteiger partial charge in [-0.05, 0) is 12.1 Å². The number of nitrogens with zero attached hydrogens (tertiary/aromatic N) is 3. The molecule has 0 aliphatic carbocycles. The number of benzene rings is 1. The van der Waals surface area contributed by atoms with Crippen molar-refractivity contribution in [2.45, 2.75) is 19.1 Å². The van der Waals surface area contributed by atoms with E-state index >= 15 is 0 Å². The van der Waals surface area contributed by atoms with E-state index in [0.717, 1.165) is 36.7 Å². The number of carbonyl (C=O) groups excluding carboxylic acids is 1. The monoisotopic (exact) mass is 342 g/mol. The Hall–Kier alpha value is -2.54. The Kier molecular flexibility index (Phi) is 4.31. The molecule has 1 aromatic carbocycles. The van der Waals surface area contributed by atoms with Crippen molar-refractivity contribution in [3.63, 3.8) is 0 Å². The van der Waals surface area contributed by atoms with Crippen LogP contribution in [-0.2, 0) is 24.8 Å². The van der Waals surface area contributed by atoms with Gasteiger partial charge in [-0.1, -0.05) is 12.1 Å². The average molecular weight is 342 g/mol. The van der Waals surface area contributed by atoms with E-state index < -0.39 is 0 Å². The number of amides is 1. The first-order valence-electron chi connectivity index (χ1n) is 8.55. The highest BCUT2D eigenvalue weighted by Crippen LogP contribution is 2.30. The highest BCUT2D eigenvalue weighted by atomic mass is 16.6. The molecule has 0 saturated heterocycles. The van der Waals surface area contributed by atoms with Gasteiger partial charge in [-0.2, -0.15) is 0 Å². The van der Waals surface area contributed by atoms with E-state index in [2.05, 4.69) is 19.8 Å². The standard InChI is InChI=1S/C18H22N4O3/c1-21-12-20-14-9-22(7-6-15(14)21)10-18(23)19-8-13-11-24-16-4-2-3-5-17(16)25-13/h2-5,12-13H,6-11H2,1H3,(H,19,23). The van der Waals surface area contributed by atoms with Crippen molar-refractivity contribution in [1.29, 1.82) is 0 Å². The number of imidazole rings is 1. The maximum Gasteiger partial charge on any atom is 0.234 e. The lowest BCUT2D eigenvalue weighted by Crippen LogP contribution is -2.45. The number of hydrogen-bond acceptors (Lipinski definition) is 5. The maximum absolute atomic E-state index is 12.2. The molecule has 0 fully saturated rings. The Morgan fingerprint density at radius 2 is 2.20 bits per heavy atom. The van der Waals surface area contributed by atoms with E-state index in [9.17, 15) is 4.79 Å². The molecule has 1 atom stereocenters. The molecule has 7 heteroatoms. The number of aromatic nitrogens is 2. The summed E-state index contributed by atoms with van der Waals surface area (Å²) in [6.45, 7) is 2.85. The SMILES string of the molecule is Cn1cnc2c1CCN(CC(=O)NCC1COc3ccccc3O1)C2. The first-order chi connectivity index (χ1) is 12.2. The van der Waals surface area contributed by atoms with Crippen molar-refractivity contribution in [2.75, 3.05) is 26.2 Å².